The van der Waals surface area contributed by atoms with Gasteiger partial charge in [-0.25, -0.2) is 0 Å². The second-order valence-corrected chi connectivity index (χ2v) is 5.28. The third kappa shape index (κ3) is 4.26. The predicted molar refractivity (Wildman–Crippen MR) is 83.3 cm³/mol. The van der Waals surface area contributed by atoms with Crippen LogP contribution in [0, 0.1) is 0 Å². The minimum Gasteiger partial charge on any atom is -0.355 e. The first-order valence-corrected chi connectivity index (χ1v) is 7.16. The van der Waals surface area contributed by atoms with Gasteiger partial charge in [0, 0.05) is 16.6 Å². The molecule has 2 nitrogen and oxygen atoms in total. The molecule has 2 aromatic carbocycles. The summed E-state index contributed by atoms with van der Waals surface area (Å²) in [4.78, 5) is 11.9. The predicted octanol–water partition coefficient (Wildman–Crippen LogP) is 3.89. The summed E-state index contributed by atoms with van der Waals surface area (Å²) in [5.74, 6) is -0.0732. The highest BCUT2D eigenvalue weighted by molar-refractivity contribution is 6.36. The Hall–Kier alpha value is -1.51. The van der Waals surface area contributed by atoms with Crippen molar-refractivity contribution >= 4 is 29.1 Å². The van der Waals surface area contributed by atoms with Gasteiger partial charge in [0.05, 0.1) is 6.42 Å². The molecular formula is C16H15Cl2NO. The highest BCUT2D eigenvalue weighted by Crippen LogP contribution is 2.24. The van der Waals surface area contributed by atoms with Crippen LogP contribution >= 0.6 is 23.2 Å². The normalized spacial score (nSPS) is 10.3. The Morgan fingerprint density at radius 3 is 2.25 bits per heavy atom. The topological polar surface area (TPSA) is 29.1 Å². The van der Waals surface area contributed by atoms with E-state index in [4.69, 9.17) is 23.2 Å². The molecule has 2 rings (SSSR count). The molecule has 1 N–H and O–H groups in total. The quantitative estimate of drug-likeness (QED) is 0.892. The minimum absolute atomic E-state index is 0.0732. The molecule has 0 fully saturated rings. The molecule has 4 heteroatoms. The average Bonchev–Trinajstić information content (AvgIpc) is 2.44. The average molecular weight is 308 g/mol. The first-order chi connectivity index (χ1) is 9.66. The number of halogens is 2. The van der Waals surface area contributed by atoms with E-state index >= 15 is 0 Å². The Balaban J connectivity index is 1.84. The van der Waals surface area contributed by atoms with E-state index in [2.05, 4.69) is 5.32 Å². The number of benzene rings is 2. The van der Waals surface area contributed by atoms with Gasteiger partial charge in [-0.1, -0.05) is 59.6 Å². The van der Waals surface area contributed by atoms with Gasteiger partial charge in [-0.2, -0.15) is 0 Å². The molecule has 2 aromatic rings. The largest absolute Gasteiger partial charge is 0.355 e. The van der Waals surface area contributed by atoms with Gasteiger partial charge in [0.2, 0.25) is 5.91 Å². The summed E-state index contributed by atoms with van der Waals surface area (Å²) in [7, 11) is 0. The maximum absolute atomic E-state index is 11.9. The third-order valence-electron chi connectivity index (χ3n) is 2.98. The van der Waals surface area contributed by atoms with Crippen LogP contribution in [-0.4, -0.2) is 12.5 Å². The van der Waals surface area contributed by atoms with Gasteiger partial charge >= 0.3 is 0 Å². The van der Waals surface area contributed by atoms with Crippen molar-refractivity contribution in [1.29, 1.82) is 0 Å². The molecule has 0 aliphatic rings. The Bertz CT molecular complexity index is 564. The second kappa shape index (κ2) is 7.32. The highest BCUT2D eigenvalue weighted by Gasteiger charge is 2.10. The Labute approximate surface area is 128 Å². The molecule has 0 saturated heterocycles. The van der Waals surface area contributed by atoms with Gasteiger partial charge in [0.15, 0.2) is 0 Å². The number of carbonyl (C=O) groups is 1. The standard InChI is InChI=1S/C16H15Cl2NO/c17-14-7-4-8-15(18)13(14)11-16(20)19-10-9-12-5-2-1-3-6-12/h1-8H,9-11H2,(H,19,20). The van der Waals surface area contributed by atoms with Crippen LogP contribution in [-0.2, 0) is 17.6 Å². The van der Waals surface area contributed by atoms with Crippen LogP contribution in [0.25, 0.3) is 0 Å². The SMILES string of the molecule is O=C(Cc1c(Cl)cccc1Cl)NCCc1ccccc1. The van der Waals surface area contributed by atoms with Gasteiger partial charge in [-0.05, 0) is 29.7 Å². The van der Waals surface area contributed by atoms with Crippen molar-refractivity contribution in [2.24, 2.45) is 0 Å². The summed E-state index contributed by atoms with van der Waals surface area (Å²) in [6, 6.07) is 15.3. The Morgan fingerprint density at radius 2 is 1.60 bits per heavy atom. The lowest BCUT2D eigenvalue weighted by Crippen LogP contribution is -2.27. The van der Waals surface area contributed by atoms with E-state index in [-0.39, 0.29) is 12.3 Å². The van der Waals surface area contributed by atoms with E-state index in [9.17, 15) is 4.79 Å². The summed E-state index contributed by atoms with van der Waals surface area (Å²) in [5, 5.41) is 3.93. The minimum atomic E-state index is -0.0732. The number of carbonyl (C=O) groups excluding carboxylic acids is 1. The van der Waals surface area contributed by atoms with Crippen LogP contribution in [0.4, 0.5) is 0 Å². The maximum Gasteiger partial charge on any atom is 0.224 e. The Kier molecular flexibility index (Phi) is 5.45. The fourth-order valence-electron chi connectivity index (χ4n) is 1.92. The molecule has 0 radical (unpaired) electrons. The molecule has 0 aliphatic carbocycles. The van der Waals surface area contributed by atoms with E-state index in [0.717, 1.165) is 6.42 Å². The molecule has 0 atom stereocenters. The first kappa shape index (κ1) is 14.9. The van der Waals surface area contributed by atoms with E-state index in [1.165, 1.54) is 5.56 Å². The molecule has 0 unspecified atom stereocenters. The zero-order chi connectivity index (χ0) is 14.4. The van der Waals surface area contributed by atoms with Crippen molar-refractivity contribution < 1.29 is 4.79 Å². The number of amides is 1. The van der Waals surface area contributed by atoms with Crippen molar-refractivity contribution in [1.82, 2.24) is 5.32 Å². The first-order valence-electron chi connectivity index (χ1n) is 6.40. The van der Waals surface area contributed by atoms with Crippen molar-refractivity contribution in [3.8, 4) is 0 Å². The molecule has 0 spiro atoms. The summed E-state index contributed by atoms with van der Waals surface area (Å²) in [6.45, 7) is 0.602. The Morgan fingerprint density at radius 1 is 0.950 bits per heavy atom. The van der Waals surface area contributed by atoms with Crippen LogP contribution in [0.5, 0.6) is 0 Å². The monoisotopic (exact) mass is 307 g/mol. The zero-order valence-electron chi connectivity index (χ0n) is 10.9. The zero-order valence-corrected chi connectivity index (χ0v) is 12.4. The molecular weight excluding hydrogens is 293 g/mol. The number of hydrogen-bond donors (Lipinski definition) is 1. The van der Waals surface area contributed by atoms with Gasteiger partial charge in [0.25, 0.3) is 0 Å². The maximum atomic E-state index is 11.9. The molecule has 0 bridgehead atoms. The smallest absolute Gasteiger partial charge is 0.224 e. The van der Waals surface area contributed by atoms with Crippen LogP contribution in [0.15, 0.2) is 48.5 Å². The van der Waals surface area contributed by atoms with Crippen LogP contribution in [0.3, 0.4) is 0 Å². The molecule has 0 aliphatic heterocycles. The van der Waals surface area contributed by atoms with Crippen molar-refractivity contribution in [2.75, 3.05) is 6.54 Å². The molecule has 0 saturated carbocycles. The van der Waals surface area contributed by atoms with Crippen LogP contribution in [0.2, 0.25) is 10.0 Å². The number of hydrogen-bond acceptors (Lipinski definition) is 1. The lowest BCUT2D eigenvalue weighted by molar-refractivity contribution is -0.120. The van der Waals surface area contributed by atoms with Gasteiger partial charge in [-0.3, -0.25) is 4.79 Å². The highest BCUT2D eigenvalue weighted by atomic mass is 35.5. The molecule has 104 valence electrons. The lowest BCUT2D eigenvalue weighted by atomic mass is 10.1. The molecule has 20 heavy (non-hydrogen) atoms. The van der Waals surface area contributed by atoms with Gasteiger partial charge in [0.1, 0.15) is 0 Å². The van der Waals surface area contributed by atoms with E-state index < -0.39 is 0 Å². The van der Waals surface area contributed by atoms with Crippen molar-refractivity contribution in [3.63, 3.8) is 0 Å². The number of nitrogens with one attached hydrogen (secondary N) is 1. The fraction of sp³-hybridized carbons (Fsp3) is 0.188. The van der Waals surface area contributed by atoms with Gasteiger partial charge in [-0.15, -0.1) is 0 Å². The molecule has 1 amide bonds. The van der Waals surface area contributed by atoms with Crippen LogP contribution < -0.4 is 5.32 Å². The van der Waals surface area contributed by atoms with Crippen LogP contribution in [0.1, 0.15) is 11.1 Å². The third-order valence-corrected chi connectivity index (χ3v) is 3.69. The summed E-state index contributed by atoms with van der Waals surface area (Å²) in [5.41, 5.74) is 1.87. The molecule has 0 heterocycles. The second-order valence-electron chi connectivity index (χ2n) is 4.46. The van der Waals surface area contributed by atoms with E-state index in [1.807, 2.05) is 30.3 Å². The lowest BCUT2D eigenvalue weighted by Gasteiger charge is -2.08. The van der Waals surface area contributed by atoms with Crippen molar-refractivity contribution in [2.45, 2.75) is 12.8 Å². The summed E-state index contributed by atoms with van der Waals surface area (Å²) in [6.07, 6.45) is 1.01. The molecule has 0 aromatic heterocycles. The fourth-order valence-corrected chi connectivity index (χ4v) is 2.45. The summed E-state index contributed by atoms with van der Waals surface area (Å²) >= 11 is 12.1. The van der Waals surface area contributed by atoms with E-state index in [0.29, 0.717) is 22.2 Å². The van der Waals surface area contributed by atoms with E-state index in [1.54, 1.807) is 18.2 Å². The number of rotatable bonds is 5. The summed E-state index contributed by atoms with van der Waals surface area (Å²) < 4.78 is 0. The van der Waals surface area contributed by atoms with Crippen molar-refractivity contribution in [3.05, 3.63) is 69.7 Å². The van der Waals surface area contributed by atoms with Gasteiger partial charge < -0.3 is 5.32 Å².